The lowest BCUT2D eigenvalue weighted by atomic mass is 10.0. The molecule has 2 aliphatic rings. The lowest BCUT2D eigenvalue weighted by molar-refractivity contribution is -0.127. The van der Waals surface area contributed by atoms with Gasteiger partial charge in [-0.3, -0.25) is 14.6 Å². The van der Waals surface area contributed by atoms with Gasteiger partial charge >= 0.3 is 0 Å². The number of benzene rings is 1. The summed E-state index contributed by atoms with van der Waals surface area (Å²) in [6, 6.07) is 11.1. The van der Waals surface area contributed by atoms with Gasteiger partial charge in [0, 0.05) is 25.2 Å². The number of piperidine rings is 1. The van der Waals surface area contributed by atoms with Crippen LogP contribution in [-0.2, 0) is 11.3 Å². The lowest BCUT2D eigenvalue weighted by Gasteiger charge is -2.39. The van der Waals surface area contributed by atoms with Crippen molar-refractivity contribution in [2.75, 3.05) is 19.6 Å². The second-order valence-electron chi connectivity index (χ2n) is 8.12. The molecule has 5 nitrogen and oxygen atoms in total. The molecule has 0 bridgehead atoms. The van der Waals surface area contributed by atoms with Crippen molar-refractivity contribution < 1.29 is 9.90 Å². The van der Waals surface area contributed by atoms with E-state index in [-0.39, 0.29) is 24.1 Å². The molecule has 2 fully saturated rings. The summed E-state index contributed by atoms with van der Waals surface area (Å²) < 4.78 is 0. The Hall–Kier alpha value is -1.43. The summed E-state index contributed by atoms with van der Waals surface area (Å²) in [4.78, 5) is 17.6. The molecule has 150 valence electrons. The van der Waals surface area contributed by atoms with Crippen molar-refractivity contribution >= 4 is 5.91 Å². The maximum absolute atomic E-state index is 12.8. The first-order valence-corrected chi connectivity index (χ1v) is 10.6. The maximum Gasteiger partial charge on any atom is 0.237 e. The summed E-state index contributed by atoms with van der Waals surface area (Å²) in [6.45, 7) is 7.94. The number of aliphatic hydroxyl groups excluding tert-OH is 1. The summed E-state index contributed by atoms with van der Waals surface area (Å²) >= 11 is 0. The maximum atomic E-state index is 12.8. The predicted octanol–water partition coefficient (Wildman–Crippen LogP) is 2.39. The highest BCUT2D eigenvalue weighted by molar-refractivity contribution is 5.82. The Balaban J connectivity index is 1.54. The van der Waals surface area contributed by atoms with Crippen molar-refractivity contribution in [1.29, 1.82) is 0 Å². The van der Waals surface area contributed by atoms with Crippen LogP contribution in [0.15, 0.2) is 30.3 Å². The van der Waals surface area contributed by atoms with Crippen LogP contribution in [0.1, 0.15) is 51.5 Å². The molecule has 2 N–H and O–H groups in total. The van der Waals surface area contributed by atoms with Crippen LogP contribution in [0.3, 0.4) is 0 Å². The number of amides is 1. The summed E-state index contributed by atoms with van der Waals surface area (Å²) in [5.41, 5.74) is 1.36. The number of carbonyl (C=O) groups excluding carboxylic acids is 1. The van der Waals surface area contributed by atoms with Crippen LogP contribution < -0.4 is 5.32 Å². The van der Waals surface area contributed by atoms with Crippen molar-refractivity contribution in [2.45, 2.75) is 76.7 Å². The van der Waals surface area contributed by atoms with E-state index in [1.807, 2.05) is 0 Å². The molecule has 1 aromatic carbocycles. The fourth-order valence-electron chi connectivity index (χ4n) is 4.54. The van der Waals surface area contributed by atoms with Crippen molar-refractivity contribution in [3.8, 4) is 0 Å². The summed E-state index contributed by atoms with van der Waals surface area (Å²) in [5, 5.41) is 13.4. The van der Waals surface area contributed by atoms with E-state index in [1.54, 1.807) is 0 Å². The van der Waals surface area contributed by atoms with Crippen LogP contribution in [-0.4, -0.2) is 64.7 Å². The largest absolute Gasteiger partial charge is 0.392 e. The van der Waals surface area contributed by atoms with Crippen LogP contribution in [0.2, 0.25) is 0 Å². The number of aliphatic hydroxyl groups is 1. The first-order chi connectivity index (χ1) is 13.1. The third-order valence-electron chi connectivity index (χ3n) is 6.23. The Labute approximate surface area is 163 Å². The number of hydrogen-bond donors (Lipinski definition) is 2. The monoisotopic (exact) mass is 373 g/mol. The normalized spacial score (nSPS) is 25.2. The van der Waals surface area contributed by atoms with Gasteiger partial charge in [-0.2, -0.15) is 0 Å². The molecule has 0 radical (unpaired) electrons. The Kier molecular flexibility index (Phi) is 7.27. The highest BCUT2D eigenvalue weighted by Crippen LogP contribution is 2.27. The molecule has 5 heteroatoms. The van der Waals surface area contributed by atoms with E-state index in [0.717, 1.165) is 45.3 Å². The molecule has 2 aliphatic heterocycles. The minimum atomic E-state index is -0.384. The van der Waals surface area contributed by atoms with Crippen LogP contribution >= 0.6 is 0 Å². The van der Waals surface area contributed by atoms with Gasteiger partial charge in [0.15, 0.2) is 0 Å². The number of nitrogens with one attached hydrogen (secondary N) is 1. The zero-order chi connectivity index (χ0) is 19.2. The average Bonchev–Trinajstić information content (AvgIpc) is 3.09. The second kappa shape index (κ2) is 9.67. The zero-order valence-corrected chi connectivity index (χ0v) is 16.8. The smallest absolute Gasteiger partial charge is 0.237 e. The van der Waals surface area contributed by atoms with E-state index < -0.39 is 0 Å². The van der Waals surface area contributed by atoms with Gasteiger partial charge in [0.2, 0.25) is 5.91 Å². The minimum absolute atomic E-state index is 0.104. The number of carbonyl (C=O) groups is 1. The van der Waals surface area contributed by atoms with Crippen molar-refractivity contribution in [1.82, 2.24) is 15.1 Å². The van der Waals surface area contributed by atoms with Crippen LogP contribution in [0.5, 0.6) is 0 Å². The van der Waals surface area contributed by atoms with Crippen LogP contribution in [0.4, 0.5) is 0 Å². The Morgan fingerprint density at radius 2 is 1.85 bits per heavy atom. The molecule has 0 spiro atoms. The Morgan fingerprint density at radius 1 is 1.19 bits per heavy atom. The molecule has 0 aliphatic carbocycles. The minimum Gasteiger partial charge on any atom is -0.392 e. The fourth-order valence-corrected chi connectivity index (χ4v) is 4.54. The van der Waals surface area contributed by atoms with Gasteiger partial charge in [-0.1, -0.05) is 44.2 Å². The third kappa shape index (κ3) is 5.31. The van der Waals surface area contributed by atoms with Crippen LogP contribution in [0.25, 0.3) is 0 Å². The van der Waals surface area contributed by atoms with E-state index in [4.69, 9.17) is 0 Å². The molecule has 3 rings (SSSR count). The Morgan fingerprint density at radius 3 is 2.48 bits per heavy atom. The molecule has 0 saturated carbocycles. The van der Waals surface area contributed by atoms with E-state index in [9.17, 15) is 9.90 Å². The topological polar surface area (TPSA) is 55.8 Å². The molecule has 1 amide bonds. The summed E-state index contributed by atoms with van der Waals surface area (Å²) in [7, 11) is 0. The molecule has 2 heterocycles. The quantitative estimate of drug-likeness (QED) is 0.771. The number of β-amino-alcohol motifs (C(OH)–C–C–N with tert-alkyl or cyclic N) is 1. The van der Waals surface area contributed by atoms with E-state index in [0.29, 0.717) is 19.0 Å². The second-order valence-corrected chi connectivity index (χ2v) is 8.12. The zero-order valence-electron chi connectivity index (χ0n) is 16.8. The highest BCUT2D eigenvalue weighted by Gasteiger charge is 2.40. The molecule has 1 aromatic rings. The molecule has 2 saturated heterocycles. The standard InChI is InChI=1S/C22H35N3O2/c1-3-18(4-2)23-22(27)21-14-20(26)16-25(21)19-10-12-24(13-11-19)15-17-8-6-5-7-9-17/h5-9,18-21,26H,3-4,10-16H2,1-2H3,(H,23,27)/t20-,21+/m1/s1. The molecular weight excluding hydrogens is 338 g/mol. The molecule has 2 atom stereocenters. The first-order valence-electron chi connectivity index (χ1n) is 10.6. The Bertz CT molecular complexity index is 582. The highest BCUT2D eigenvalue weighted by atomic mass is 16.3. The summed E-state index contributed by atoms with van der Waals surface area (Å²) in [5.74, 6) is 0.104. The number of rotatable bonds is 7. The van der Waals surface area contributed by atoms with Gasteiger partial charge in [-0.15, -0.1) is 0 Å². The molecule has 27 heavy (non-hydrogen) atoms. The van der Waals surface area contributed by atoms with Gasteiger partial charge in [-0.05, 0) is 50.8 Å². The molecular formula is C22H35N3O2. The van der Waals surface area contributed by atoms with Crippen molar-refractivity contribution in [2.24, 2.45) is 0 Å². The van der Waals surface area contributed by atoms with E-state index in [2.05, 4.69) is 59.3 Å². The van der Waals surface area contributed by atoms with Crippen molar-refractivity contribution in [3.05, 3.63) is 35.9 Å². The van der Waals surface area contributed by atoms with Crippen molar-refractivity contribution in [3.63, 3.8) is 0 Å². The average molecular weight is 374 g/mol. The van der Waals surface area contributed by atoms with Gasteiger partial charge in [0.05, 0.1) is 12.1 Å². The number of likely N-dealkylation sites (tertiary alicyclic amines) is 2. The van der Waals surface area contributed by atoms with Crippen LogP contribution in [0, 0.1) is 0 Å². The summed E-state index contributed by atoms with van der Waals surface area (Å²) in [6.07, 6.45) is 4.22. The SMILES string of the molecule is CCC(CC)NC(=O)[C@@H]1C[C@@H](O)CN1C1CCN(Cc2ccccc2)CC1. The first kappa shape index (κ1) is 20.3. The lowest BCUT2D eigenvalue weighted by Crippen LogP contribution is -2.52. The number of hydrogen-bond acceptors (Lipinski definition) is 4. The van der Waals surface area contributed by atoms with E-state index in [1.165, 1.54) is 5.56 Å². The van der Waals surface area contributed by atoms with Gasteiger partial charge < -0.3 is 10.4 Å². The third-order valence-corrected chi connectivity index (χ3v) is 6.23. The van der Waals surface area contributed by atoms with Gasteiger partial charge in [0.1, 0.15) is 0 Å². The van der Waals surface area contributed by atoms with Gasteiger partial charge in [0.25, 0.3) is 0 Å². The fraction of sp³-hybridized carbons (Fsp3) is 0.682. The van der Waals surface area contributed by atoms with E-state index >= 15 is 0 Å². The molecule has 0 aromatic heterocycles. The molecule has 0 unspecified atom stereocenters. The number of nitrogens with zero attached hydrogens (tertiary/aromatic N) is 2. The predicted molar refractivity (Wildman–Crippen MR) is 108 cm³/mol. The van der Waals surface area contributed by atoms with Gasteiger partial charge in [-0.25, -0.2) is 0 Å².